The molecule has 0 radical (unpaired) electrons. The highest BCUT2D eigenvalue weighted by Gasteiger charge is 2.40. The largest absolute Gasteiger partial charge is 0.301 e. The first-order chi connectivity index (χ1) is 11.2. The van der Waals surface area contributed by atoms with E-state index >= 15 is 0 Å². The first kappa shape index (κ1) is 15.1. The SMILES string of the molecule is O=C(C[C@@H]1C[C@H]2CC[C@H]1C2)Nc1nnc(-c2ccccc2Cl)s1. The van der Waals surface area contributed by atoms with Gasteiger partial charge in [-0.2, -0.15) is 0 Å². The van der Waals surface area contributed by atoms with Crippen molar-refractivity contribution in [3.8, 4) is 10.6 Å². The predicted octanol–water partition coefficient (Wildman–Crippen LogP) is 4.62. The Bertz CT molecular complexity index is 732. The molecule has 23 heavy (non-hydrogen) atoms. The summed E-state index contributed by atoms with van der Waals surface area (Å²) >= 11 is 7.54. The molecule has 4 nitrogen and oxygen atoms in total. The zero-order valence-electron chi connectivity index (χ0n) is 12.7. The van der Waals surface area contributed by atoms with Gasteiger partial charge in [-0.15, -0.1) is 10.2 Å². The minimum absolute atomic E-state index is 0.0596. The number of carbonyl (C=O) groups excluding carboxylic acids is 1. The molecule has 0 aliphatic heterocycles. The van der Waals surface area contributed by atoms with Crippen molar-refractivity contribution in [1.29, 1.82) is 0 Å². The van der Waals surface area contributed by atoms with E-state index < -0.39 is 0 Å². The molecule has 2 aliphatic carbocycles. The Labute approximate surface area is 144 Å². The Hall–Kier alpha value is -1.46. The molecule has 2 saturated carbocycles. The molecule has 1 aromatic carbocycles. The molecule has 0 unspecified atom stereocenters. The average molecular weight is 348 g/mol. The zero-order chi connectivity index (χ0) is 15.8. The highest BCUT2D eigenvalue weighted by molar-refractivity contribution is 7.18. The maximum absolute atomic E-state index is 12.3. The summed E-state index contributed by atoms with van der Waals surface area (Å²) in [6.07, 6.45) is 5.83. The predicted molar refractivity (Wildman–Crippen MR) is 92.5 cm³/mol. The molecular weight excluding hydrogens is 330 g/mol. The van der Waals surface area contributed by atoms with Crippen molar-refractivity contribution in [3.63, 3.8) is 0 Å². The molecule has 2 aromatic rings. The van der Waals surface area contributed by atoms with E-state index in [0.717, 1.165) is 22.4 Å². The van der Waals surface area contributed by atoms with E-state index in [1.165, 1.54) is 37.0 Å². The van der Waals surface area contributed by atoms with E-state index in [0.29, 0.717) is 22.5 Å². The summed E-state index contributed by atoms with van der Waals surface area (Å²) in [5, 5.41) is 13.0. The monoisotopic (exact) mass is 347 g/mol. The molecule has 3 atom stereocenters. The summed E-state index contributed by atoms with van der Waals surface area (Å²) in [5.41, 5.74) is 0.847. The van der Waals surface area contributed by atoms with Crippen LogP contribution in [0.25, 0.3) is 10.6 Å². The van der Waals surface area contributed by atoms with Gasteiger partial charge in [0.05, 0.1) is 5.02 Å². The fraction of sp³-hybridized carbons (Fsp3) is 0.471. The van der Waals surface area contributed by atoms with Gasteiger partial charge in [0, 0.05) is 12.0 Å². The minimum Gasteiger partial charge on any atom is -0.301 e. The molecule has 6 heteroatoms. The molecule has 0 saturated heterocycles. The Morgan fingerprint density at radius 3 is 2.87 bits per heavy atom. The van der Waals surface area contributed by atoms with Gasteiger partial charge in [-0.25, -0.2) is 0 Å². The van der Waals surface area contributed by atoms with Gasteiger partial charge in [0.15, 0.2) is 5.01 Å². The summed E-state index contributed by atoms with van der Waals surface area (Å²) in [5.74, 6) is 2.25. The van der Waals surface area contributed by atoms with Gasteiger partial charge in [-0.1, -0.05) is 47.6 Å². The highest BCUT2D eigenvalue weighted by atomic mass is 35.5. The number of nitrogens with zero attached hydrogens (tertiary/aromatic N) is 2. The smallest absolute Gasteiger partial charge is 0.226 e. The maximum Gasteiger partial charge on any atom is 0.226 e. The number of fused-ring (bicyclic) bond motifs is 2. The van der Waals surface area contributed by atoms with Crippen LogP contribution in [0.3, 0.4) is 0 Å². The van der Waals surface area contributed by atoms with Gasteiger partial charge in [0.25, 0.3) is 0 Å². The van der Waals surface area contributed by atoms with Crippen molar-refractivity contribution in [2.75, 3.05) is 5.32 Å². The van der Waals surface area contributed by atoms with Gasteiger partial charge >= 0.3 is 0 Å². The molecule has 0 spiro atoms. The first-order valence-electron chi connectivity index (χ1n) is 8.07. The van der Waals surface area contributed by atoms with Gasteiger partial charge in [0.2, 0.25) is 11.0 Å². The second-order valence-corrected chi connectivity index (χ2v) is 7.96. The maximum atomic E-state index is 12.3. The van der Waals surface area contributed by atoms with E-state index in [1.807, 2.05) is 24.3 Å². The van der Waals surface area contributed by atoms with Crippen LogP contribution in [0, 0.1) is 17.8 Å². The average Bonchev–Trinajstić information content (AvgIpc) is 3.24. The highest BCUT2D eigenvalue weighted by Crippen LogP contribution is 2.49. The topological polar surface area (TPSA) is 54.9 Å². The zero-order valence-corrected chi connectivity index (χ0v) is 14.2. The van der Waals surface area contributed by atoms with Crippen molar-refractivity contribution >= 4 is 34.0 Å². The molecular formula is C17H18ClN3OS. The van der Waals surface area contributed by atoms with Crippen LogP contribution in [0.2, 0.25) is 5.02 Å². The van der Waals surface area contributed by atoms with Crippen molar-refractivity contribution in [2.24, 2.45) is 17.8 Å². The number of carbonyl (C=O) groups is 1. The number of anilines is 1. The number of hydrogen-bond acceptors (Lipinski definition) is 4. The van der Waals surface area contributed by atoms with E-state index in [4.69, 9.17) is 11.6 Å². The summed E-state index contributed by atoms with van der Waals surface area (Å²) in [7, 11) is 0. The Morgan fingerprint density at radius 1 is 1.26 bits per heavy atom. The standard InChI is InChI=1S/C17H18ClN3OS/c18-14-4-2-1-3-13(14)16-20-21-17(23-16)19-15(22)9-12-8-10-5-6-11(12)7-10/h1-4,10-12H,5-9H2,(H,19,21,22)/t10-,11-,12-/m0/s1. The lowest BCUT2D eigenvalue weighted by atomic mass is 9.86. The molecule has 2 aliphatic rings. The Kier molecular flexibility index (Phi) is 4.07. The first-order valence-corrected chi connectivity index (χ1v) is 9.27. The second kappa shape index (κ2) is 6.21. The van der Waals surface area contributed by atoms with Gasteiger partial charge in [-0.3, -0.25) is 4.79 Å². The number of benzene rings is 1. The number of hydrogen-bond donors (Lipinski definition) is 1. The van der Waals surface area contributed by atoms with Crippen LogP contribution in [0.15, 0.2) is 24.3 Å². The molecule has 1 aromatic heterocycles. The Morgan fingerprint density at radius 2 is 2.13 bits per heavy atom. The number of rotatable bonds is 4. The number of amides is 1. The summed E-state index contributed by atoms with van der Waals surface area (Å²) in [6.45, 7) is 0. The number of nitrogens with one attached hydrogen (secondary N) is 1. The van der Waals surface area contributed by atoms with Crippen LogP contribution in [0.4, 0.5) is 5.13 Å². The van der Waals surface area contributed by atoms with Crippen LogP contribution in [-0.2, 0) is 4.79 Å². The van der Waals surface area contributed by atoms with Crippen LogP contribution >= 0.6 is 22.9 Å². The van der Waals surface area contributed by atoms with E-state index in [1.54, 1.807) is 0 Å². The molecule has 120 valence electrons. The van der Waals surface area contributed by atoms with Crippen LogP contribution in [-0.4, -0.2) is 16.1 Å². The fourth-order valence-corrected chi connectivity index (χ4v) is 5.13. The van der Waals surface area contributed by atoms with Crippen LogP contribution < -0.4 is 5.32 Å². The van der Waals surface area contributed by atoms with Gasteiger partial charge in [0.1, 0.15) is 0 Å². The Balaban J connectivity index is 1.40. The number of halogens is 1. The quantitative estimate of drug-likeness (QED) is 0.877. The lowest BCUT2D eigenvalue weighted by Crippen LogP contribution is -2.20. The fourth-order valence-electron chi connectivity index (χ4n) is 4.05. The third-order valence-electron chi connectivity index (χ3n) is 5.11. The third kappa shape index (κ3) is 3.12. The van der Waals surface area contributed by atoms with Crippen LogP contribution in [0.1, 0.15) is 32.1 Å². The molecule has 1 heterocycles. The van der Waals surface area contributed by atoms with Gasteiger partial charge < -0.3 is 5.32 Å². The molecule has 4 rings (SSSR count). The van der Waals surface area contributed by atoms with Crippen molar-refractivity contribution < 1.29 is 4.79 Å². The number of aromatic nitrogens is 2. The summed E-state index contributed by atoms with van der Waals surface area (Å²) in [4.78, 5) is 12.3. The van der Waals surface area contributed by atoms with E-state index in [2.05, 4.69) is 15.5 Å². The lowest BCUT2D eigenvalue weighted by molar-refractivity contribution is -0.117. The van der Waals surface area contributed by atoms with E-state index in [9.17, 15) is 4.79 Å². The van der Waals surface area contributed by atoms with Crippen LogP contribution in [0.5, 0.6) is 0 Å². The molecule has 2 fully saturated rings. The second-order valence-electron chi connectivity index (χ2n) is 6.58. The minimum atomic E-state index is 0.0596. The lowest BCUT2D eigenvalue weighted by Gasteiger charge is -2.20. The van der Waals surface area contributed by atoms with Crippen molar-refractivity contribution in [2.45, 2.75) is 32.1 Å². The normalized spacial score (nSPS) is 25.7. The van der Waals surface area contributed by atoms with Gasteiger partial charge in [-0.05, 0) is 43.1 Å². The molecule has 1 amide bonds. The summed E-state index contributed by atoms with van der Waals surface area (Å²) < 4.78 is 0. The summed E-state index contributed by atoms with van der Waals surface area (Å²) in [6, 6.07) is 7.52. The van der Waals surface area contributed by atoms with Crippen molar-refractivity contribution in [3.05, 3.63) is 29.3 Å². The molecule has 1 N–H and O–H groups in total. The third-order valence-corrected chi connectivity index (χ3v) is 6.31. The van der Waals surface area contributed by atoms with Crippen molar-refractivity contribution in [1.82, 2.24) is 10.2 Å². The molecule has 2 bridgehead atoms. The van der Waals surface area contributed by atoms with E-state index in [-0.39, 0.29) is 5.91 Å².